The number of rotatable bonds is 5. The zero-order valence-corrected chi connectivity index (χ0v) is 35.1. The van der Waals surface area contributed by atoms with Crippen LogP contribution in [0.25, 0.3) is 137 Å². The van der Waals surface area contributed by atoms with Gasteiger partial charge >= 0.3 is 0 Å². The summed E-state index contributed by atoms with van der Waals surface area (Å²) in [7, 11) is 0. The predicted molar refractivity (Wildman–Crippen MR) is 272 cm³/mol. The van der Waals surface area contributed by atoms with Crippen LogP contribution in [0.2, 0.25) is 0 Å². The summed E-state index contributed by atoms with van der Waals surface area (Å²) < 4.78 is 2.33. The lowest BCUT2D eigenvalue weighted by molar-refractivity contribution is 1.08. The molecule has 0 atom stereocenters. The van der Waals surface area contributed by atoms with Crippen molar-refractivity contribution in [2.45, 2.75) is 0 Å². The van der Waals surface area contributed by atoms with E-state index in [-0.39, 0.29) is 0 Å². The van der Waals surface area contributed by atoms with Crippen LogP contribution >= 0.6 is 0 Å². The molecule has 14 aromatic rings. The lowest BCUT2D eigenvalue weighted by Gasteiger charge is -2.17. The van der Waals surface area contributed by atoms with Crippen LogP contribution in [0.4, 0.5) is 0 Å². The zero-order chi connectivity index (χ0) is 42.6. The number of hydrogen-bond acceptors (Lipinski definition) is 3. The third-order valence-corrected chi connectivity index (χ3v) is 13.5. The summed E-state index contributed by atoms with van der Waals surface area (Å²) in [6, 6.07) is 78.8. The average molecular weight is 825 g/mol. The van der Waals surface area contributed by atoms with E-state index in [0.717, 1.165) is 55.3 Å². The van der Waals surface area contributed by atoms with Gasteiger partial charge in [0.1, 0.15) is 0 Å². The molecule has 0 saturated carbocycles. The average Bonchev–Trinajstić information content (AvgIpc) is 3.72. The topological polar surface area (TPSA) is 43.6 Å². The molecule has 0 amide bonds. The monoisotopic (exact) mass is 824 g/mol. The van der Waals surface area contributed by atoms with E-state index in [1.165, 1.54) is 64.6 Å². The molecule has 0 fully saturated rings. The molecular weight excluding hydrogens is 789 g/mol. The van der Waals surface area contributed by atoms with Crippen molar-refractivity contribution in [3.63, 3.8) is 0 Å². The van der Waals surface area contributed by atoms with Crippen LogP contribution in [0.15, 0.2) is 218 Å². The van der Waals surface area contributed by atoms with Gasteiger partial charge in [-0.3, -0.25) is 0 Å². The van der Waals surface area contributed by atoms with Gasteiger partial charge in [-0.05, 0) is 118 Å². The Kier molecular flexibility index (Phi) is 7.65. The van der Waals surface area contributed by atoms with Crippen LogP contribution in [-0.4, -0.2) is 19.5 Å². The number of para-hydroxylation sites is 2. The van der Waals surface area contributed by atoms with Gasteiger partial charge in [0.2, 0.25) is 0 Å². The Morgan fingerprint density at radius 2 is 0.754 bits per heavy atom. The van der Waals surface area contributed by atoms with Gasteiger partial charge in [0.15, 0.2) is 17.5 Å². The Morgan fingerprint density at radius 3 is 1.46 bits per heavy atom. The highest BCUT2D eigenvalue weighted by Gasteiger charge is 2.21. The Balaban J connectivity index is 1.01. The molecule has 0 saturated heterocycles. The van der Waals surface area contributed by atoms with Crippen molar-refractivity contribution in [3.8, 4) is 51.0 Å². The molecule has 0 aliphatic heterocycles. The quantitative estimate of drug-likeness (QED) is 0.162. The Morgan fingerprint density at radius 1 is 0.262 bits per heavy atom. The van der Waals surface area contributed by atoms with E-state index in [4.69, 9.17) is 15.0 Å². The second-order valence-corrected chi connectivity index (χ2v) is 17.1. The number of aromatic nitrogens is 4. The molecule has 4 heteroatoms. The smallest absolute Gasteiger partial charge is 0.164 e. The molecule has 14 rings (SSSR count). The first-order valence-corrected chi connectivity index (χ1v) is 22.2. The molecule has 0 aliphatic carbocycles. The molecule has 0 bridgehead atoms. The fourth-order valence-corrected chi connectivity index (χ4v) is 10.7. The van der Waals surface area contributed by atoms with Crippen molar-refractivity contribution in [2.24, 2.45) is 0 Å². The molecule has 65 heavy (non-hydrogen) atoms. The number of nitrogens with zero attached hydrogens (tertiary/aromatic N) is 4. The largest absolute Gasteiger partial charge is 0.309 e. The molecule has 300 valence electrons. The van der Waals surface area contributed by atoms with Crippen LogP contribution in [0, 0.1) is 0 Å². The third kappa shape index (κ3) is 5.41. The first kappa shape index (κ1) is 35.8. The van der Waals surface area contributed by atoms with E-state index in [2.05, 4.69) is 205 Å². The van der Waals surface area contributed by atoms with Crippen molar-refractivity contribution in [1.29, 1.82) is 0 Å². The minimum Gasteiger partial charge on any atom is -0.309 e. The molecule has 0 unspecified atom stereocenters. The van der Waals surface area contributed by atoms with Gasteiger partial charge in [-0.15, -0.1) is 0 Å². The van der Waals surface area contributed by atoms with Gasteiger partial charge in [0, 0.05) is 33.2 Å². The summed E-state index contributed by atoms with van der Waals surface area (Å²) in [6.45, 7) is 0. The summed E-state index contributed by atoms with van der Waals surface area (Å²) >= 11 is 0. The van der Waals surface area contributed by atoms with Gasteiger partial charge in [-0.25, -0.2) is 15.0 Å². The lowest BCUT2D eigenvalue weighted by atomic mass is 9.86. The zero-order valence-electron chi connectivity index (χ0n) is 35.1. The maximum atomic E-state index is 5.36. The lowest BCUT2D eigenvalue weighted by Crippen LogP contribution is -2.00. The van der Waals surface area contributed by atoms with Crippen LogP contribution in [0.5, 0.6) is 0 Å². The van der Waals surface area contributed by atoms with Crippen molar-refractivity contribution in [3.05, 3.63) is 218 Å². The Labute approximate surface area is 373 Å². The Bertz CT molecular complexity index is 4220. The van der Waals surface area contributed by atoms with E-state index in [1.54, 1.807) is 0 Å². The van der Waals surface area contributed by atoms with Crippen molar-refractivity contribution in [1.82, 2.24) is 19.5 Å². The molecule has 0 spiro atoms. The van der Waals surface area contributed by atoms with Crippen molar-refractivity contribution in [2.75, 3.05) is 0 Å². The highest BCUT2D eigenvalue weighted by molar-refractivity contribution is 6.37. The summed E-state index contributed by atoms with van der Waals surface area (Å²) in [5.74, 6) is 1.89. The van der Waals surface area contributed by atoms with E-state index in [1.807, 2.05) is 18.2 Å². The predicted octanol–water partition coefficient (Wildman–Crippen LogP) is 16.0. The molecule has 4 nitrogen and oxygen atoms in total. The number of hydrogen-bond donors (Lipinski definition) is 0. The van der Waals surface area contributed by atoms with E-state index in [9.17, 15) is 0 Å². The fraction of sp³-hybridized carbons (Fsp3) is 0. The molecular formula is C61H36N4. The molecule has 0 radical (unpaired) electrons. The highest BCUT2D eigenvalue weighted by Crippen LogP contribution is 2.45. The normalized spacial score (nSPS) is 12.0. The molecule has 12 aromatic carbocycles. The van der Waals surface area contributed by atoms with Crippen molar-refractivity contribution >= 4 is 86.4 Å². The standard InChI is InChI=1S/C61H36N4/c1-3-14-40(15-4-1)59-62-60(64-61(63-59)50-27-13-29-53-58(50)49-23-7-8-28-52(49)65(53)45-21-5-2-6-22-45)43-20-9-19-41(34-43)44-35-42-33-32-39-17-11-25-47-46-24-10-16-37-30-31-38-18-12-26-48(56(38)54(37)46)51(36-44)57(42)55(39)47/h1-36H. The fourth-order valence-electron chi connectivity index (χ4n) is 10.7. The Hall–Kier alpha value is -8.73. The van der Waals surface area contributed by atoms with Gasteiger partial charge in [-0.2, -0.15) is 0 Å². The second kappa shape index (κ2) is 13.9. The number of benzene rings is 11. The summed E-state index contributed by atoms with van der Waals surface area (Å²) in [5, 5.41) is 17.5. The molecule has 2 aromatic heterocycles. The number of fused-ring (bicyclic) bond motifs is 5. The van der Waals surface area contributed by atoms with Crippen LogP contribution in [0.3, 0.4) is 0 Å². The first-order valence-electron chi connectivity index (χ1n) is 22.2. The van der Waals surface area contributed by atoms with Gasteiger partial charge in [0.25, 0.3) is 0 Å². The first-order chi connectivity index (χ1) is 32.2. The van der Waals surface area contributed by atoms with Crippen LogP contribution < -0.4 is 0 Å². The van der Waals surface area contributed by atoms with Gasteiger partial charge in [-0.1, -0.05) is 176 Å². The molecule has 0 N–H and O–H groups in total. The van der Waals surface area contributed by atoms with E-state index in [0.29, 0.717) is 17.5 Å². The third-order valence-electron chi connectivity index (χ3n) is 13.5. The van der Waals surface area contributed by atoms with Gasteiger partial charge < -0.3 is 4.57 Å². The summed E-state index contributed by atoms with van der Waals surface area (Å²) in [4.78, 5) is 15.8. The maximum absolute atomic E-state index is 5.36. The highest BCUT2D eigenvalue weighted by atomic mass is 15.0. The minimum atomic E-state index is 0.624. The maximum Gasteiger partial charge on any atom is 0.164 e. The SMILES string of the molecule is c1ccc(-c2nc(-c3cccc(-c4cc5ccc6cccc7c8cccc9ccc%10cccc(c(c4)c5c67)c%10c98)c3)nc(-c3cccc4c3c3ccccc3n4-c3ccccc3)n2)cc1. The second-order valence-electron chi connectivity index (χ2n) is 17.1. The molecule has 2 heterocycles. The van der Waals surface area contributed by atoms with Gasteiger partial charge in [0.05, 0.1) is 11.0 Å². The van der Waals surface area contributed by atoms with E-state index >= 15 is 0 Å². The van der Waals surface area contributed by atoms with Crippen LogP contribution in [-0.2, 0) is 0 Å². The van der Waals surface area contributed by atoms with Crippen molar-refractivity contribution < 1.29 is 0 Å². The summed E-state index contributed by atoms with van der Waals surface area (Å²) in [5.41, 5.74) is 8.39. The minimum absolute atomic E-state index is 0.624. The van der Waals surface area contributed by atoms with Crippen LogP contribution in [0.1, 0.15) is 0 Å². The summed E-state index contributed by atoms with van der Waals surface area (Å²) in [6.07, 6.45) is 0. The van der Waals surface area contributed by atoms with E-state index < -0.39 is 0 Å². The molecule has 0 aliphatic rings.